The Hall–Kier alpha value is -2.31. The maximum absolute atomic E-state index is 11.6. The number of nitro benzene ring substituents is 1. The molecule has 0 amide bonds. The van der Waals surface area contributed by atoms with Crippen LogP contribution in [0.5, 0.6) is 11.5 Å². The molecule has 1 aliphatic rings. The van der Waals surface area contributed by atoms with E-state index in [-0.39, 0.29) is 17.5 Å². The van der Waals surface area contributed by atoms with Crippen molar-refractivity contribution in [3.63, 3.8) is 0 Å². The highest BCUT2D eigenvalue weighted by molar-refractivity contribution is 5.74. The van der Waals surface area contributed by atoms with Gasteiger partial charge in [0.25, 0.3) is 5.69 Å². The van der Waals surface area contributed by atoms with E-state index in [9.17, 15) is 14.9 Å². The predicted molar refractivity (Wildman–Crippen MR) is 99.7 cm³/mol. The molecule has 1 aromatic carbocycles. The van der Waals surface area contributed by atoms with Crippen molar-refractivity contribution in [1.29, 1.82) is 0 Å². The van der Waals surface area contributed by atoms with Crippen LogP contribution in [0.3, 0.4) is 0 Å². The van der Waals surface area contributed by atoms with Crippen molar-refractivity contribution < 1.29 is 19.2 Å². The molecule has 0 aromatic heterocycles. The summed E-state index contributed by atoms with van der Waals surface area (Å²) < 4.78 is 10.3. The third-order valence-electron chi connectivity index (χ3n) is 5.10. The summed E-state index contributed by atoms with van der Waals surface area (Å²) in [5.74, 6) is 1.29. The van der Waals surface area contributed by atoms with Crippen molar-refractivity contribution >= 4 is 17.3 Å². The summed E-state index contributed by atoms with van der Waals surface area (Å²) in [6.07, 6.45) is 3.25. The molecule has 0 radical (unpaired) electrons. The van der Waals surface area contributed by atoms with Gasteiger partial charge in [0, 0.05) is 19.0 Å². The van der Waals surface area contributed by atoms with E-state index in [2.05, 4.69) is 26.1 Å². The summed E-state index contributed by atoms with van der Waals surface area (Å²) in [6.45, 7) is 7.83. The van der Waals surface area contributed by atoms with Crippen molar-refractivity contribution in [3.05, 3.63) is 22.2 Å². The van der Waals surface area contributed by atoms with Gasteiger partial charge in [-0.3, -0.25) is 14.9 Å². The Morgan fingerprint density at radius 1 is 1.31 bits per heavy atom. The highest BCUT2D eigenvalue weighted by Gasteiger charge is 2.32. The fourth-order valence-corrected chi connectivity index (χ4v) is 3.78. The van der Waals surface area contributed by atoms with Crippen molar-refractivity contribution in [3.8, 4) is 11.5 Å². The molecule has 1 saturated carbocycles. The van der Waals surface area contributed by atoms with Crippen LogP contribution in [0.2, 0.25) is 0 Å². The largest absolute Gasteiger partial charge is 0.493 e. The topological polar surface area (TPSA) is 90.7 Å². The number of carbonyl (C=O) groups is 1. The standard InChI is InChI=1S/C19H28N2O5/c1-11(2)14-7-6-12(3)8-15(14)20-16-9-18(25-5)19(26-13(4)22)10-17(16)21(23)24/h9-12,14-15,20H,6-8H2,1-5H3/t12-,14+,15-/m1/s1. The quantitative estimate of drug-likeness (QED) is 0.348. The summed E-state index contributed by atoms with van der Waals surface area (Å²) >= 11 is 0. The zero-order chi connectivity index (χ0) is 19.4. The number of nitrogens with one attached hydrogen (secondary N) is 1. The average Bonchev–Trinajstić information content (AvgIpc) is 2.54. The summed E-state index contributed by atoms with van der Waals surface area (Å²) in [5.41, 5.74) is 0.273. The average molecular weight is 364 g/mol. The van der Waals surface area contributed by atoms with Crippen LogP contribution in [0.1, 0.15) is 47.0 Å². The molecule has 0 heterocycles. The van der Waals surface area contributed by atoms with E-state index >= 15 is 0 Å². The minimum absolute atomic E-state index is 0.0506. The van der Waals surface area contributed by atoms with Gasteiger partial charge in [-0.05, 0) is 30.6 Å². The number of nitro groups is 1. The van der Waals surface area contributed by atoms with E-state index in [0.717, 1.165) is 12.8 Å². The molecule has 0 saturated heterocycles. The third kappa shape index (κ3) is 4.65. The lowest BCUT2D eigenvalue weighted by Crippen LogP contribution is -2.38. The van der Waals surface area contributed by atoms with Crippen molar-refractivity contribution in [2.75, 3.05) is 12.4 Å². The Morgan fingerprint density at radius 3 is 2.54 bits per heavy atom. The molecular formula is C19H28N2O5. The lowest BCUT2D eigenvalue weighted by molar-refractivity contribution is -0.384. The van der Waals surface area contributed by atoms with E-state index in [1.807, 2.05) is 0 Å². The number of methoxy groups -OCH3 is 1. The maximum atomic E-state index is 11.6. The van der Waals surface area contributed by atoms with Gasteiger partial charge in [-0.15, -0.1) is 0 Å². The summed E-state index contributed by atoms with van der Waals surface area (Å²) in [7, 11) is 1.44. The molecule has 26 heavy (non-hydrogen) atoms. The summed E-state index contributed by atoms with van der Waals surface area (Å²) in [4.78, 5) is 22.4. The van der Waals surface area contributed by atoms with Crippen molar-refractivity contribution in [1.82, 2.24) is 0 Å². The van der Waals surface area contributed by atoms with Gasteiger partial charge in [-0.1, -0.05) is 27.2 Å². The molecule has 1 N–H and O–H groups in total. The van der Waals surface area contributed by atoms with Crippen molar-refractivity contribution in [2.45, 2.75) is 53.0 Å². The van der Waals surface area contributed by atoms with Crippen molar-refractivity contribution in [2.24, 2.45) is 17.8 Å². The van der Waals surface area contributed by atoms with Crippen LogP contribution in [0.4, 0.5) is 11.4 Å². The monoisotopic (exact) mass is 364 g/mol. The maximum Gasteiger partial charge on any atom is 0.308 e. The Morgan fingerprint density at radius 2 is 2.00 bits per heavy atom. The van der Waals surface area contributed by atoms with Crippen LogP contribution in [-0.4, -0.2) is 24.0 Å². The van der Waals surface area contributed by atoms with Gasteiger partial charge in [-0.25, -0.2) is 0 Å². The van der Waals surface area contributed by atoms with Gasteiger partial charge in [-0.2, -0.15) is 0 Å². The van der Waals surface area contributed by atoms with Crippen LogP contribution in [0, 0.1) is 27.9 Å². The van der Waals surface area contributed by atoms with E-state index in [1.165, 1.54) is 26.5 Å². The number of rotatable bonds is 6. The van der Waals surface area contributed by atoms with Gasteiger partial charge in [0.05, 0.1) is 18.1 Å². The summed E-state index contributed by atoms with van der Waals surface area (Å²) in [6, 6.07) is 2.95. The first-order valence-electron chi connectivity index (χ1n) is 9.04. The first kappa shape index (κ1) is 20.0. The molecular weight excluding hydrogens is 336 g/mol. The number of ether oxygens (including phenoxy) is 2. The van der Waals surface area contributed by atoms with E-state index < -0.39 is 10.9 Å². The molecule has 1 fully saturated rings. The smallest absolute Gasteiger partial charge is 0.308 e. The number of hydrogen-bond acceptors (Lipinski definition) is 6. The van der Waals surface area contributed by atoms with Crippen LogP contribution < -0.4 is 14.8 Å². The molecule has 0 spiro atoms. The van der Waals surface area contributed by atoms with Gasteiger partial charge >= 0.3 is 5.97 Å². The predicted octanol–water partition coefficient (Wildman–Crippen LogP) is 4.40. The molecule has 1 aliphatic carbocycles. The first-order chi connectivity index (χ1) is 12.2. The fourth-order valence-electron chi connectivity index (χ4n) is 3.78. The molecule has 0 unspecified atom stereocenters. The second kappa shape index (κ2) is 8.38. The number of nitrogens with zero attached hydrogens (tertiary/aromatic N) is 1. The Labute approximate surface area is 154 Å². The van der Waals surface area contributed by atoms with Crippen LogP contribution >= 0.6 is 0 Å². The third-order valence-corrected chi connectivity index (χ3v) is 5.10. The molecule has 0 aliphatic heterocycles. The van der Waals surface area contributed by atoms with Gasteiger partial charge in [0.15, 0.2) is 11.5 Å². The highest BCUT2D eigenvalue weighted by atomic mass is 16.6. The number of esters is 1. The van der Waals surface area contributed by atoms with E-state index in [1.54, 1.807) is 6.07 Å². The second-order valence-corrected chi connectivity index (χ2v) is 7.45. The molecule has 144 valence electrons. The molecule has 3 atom stereocenters. The second-order valence-electron chi connectivity index (χ2n) is 7.45. The molecule has 2 rings (SSSR count). The van der Waals surface area contributed by atoms with Crippen LogP contribution in [-0.2, 0) is 4.79 Å². The molecule has 1 aromatic rings. The fraction of sp³-hybridized carbons (Fsp3) is 0.632. The zero-order valence-electron chi connectivity index (χ0n) is 16.1. The lowest BCUT2D eigenvalue weighted by atomic mass is 9.74. The zero-order valence-corrected chi connectivity index (χ0v) is 16.1. The Bertz CT molecular complexity index is 674. The van der Waals surface area contributed by atoms with Gasteiger partial charge in [0.1, 0.15) is 5.69 Å². The van der Waals surface area contributed by atoms with Crippen LogP contribution in [0.15, 0.2) is 12.1 Å². The SMILES string of the molecule is COc1cc(N[C@@H]2C[C@H](C)CC[C@H]2C(C)C)c([N+](=O)[O-])cc1OC(C)=O. The first-order valence-corrected chi connectivity index (χ1v) is 9.04. The van der Waals surface area contributed by atoms with Crippen LogP contribution in [0.25, 0.3) is 0 Å². The van der Waals surface area contributed by atoms with E-state index in [4.69, 9.17) is 9.47 Å². The molecule has 7 heteroatoms. The molecule has 0 bridgehead atoms. The Balaban J connectivity index is 2.40. The van der Waals surface area contributed by atoms with Gasteiger partial charge < -0.3 is 14.8 Å². The minimum atomic E-state index is -0.556. The normalized spacial score (nSPS) is 22.8. The number of carbonyl (C=O) groups excluding carboxylic acids is 1. The number of benzene rings is 1. The number of hydrogen-bond donors (Lipinski definition) is 1. The molecule has 7 nitrogen and oxygen atoms in total. The lowest BCUT2D eigenvalue weighted by Gasteiger charge is -2.38. The highest BCUT2D eigenvalue weighted by Crippen LogP contribution is 2.41. The van der Waals surface area contributed by atoms with Gasteiger partial charge in [0.2, 0.25) is 0 Å². The summed E-state index contributed by atoms with van der Waals surface area (Å²) in [5, 5.41) is 15.0. The number of anilines is 1. The van der Waals surface area contributed by atoms with E-state index in [0.29, 0.717) is 29.2 Å². The Kier molecular flexibility index (Phi) is 6.45. The minimum Gasteiger partial charge on any atom is -0.493 e.